The van der Waals surface area contributed by atoms with Crippen LogP contribution in [0.15, 0.2) is 36.5 Å². The maximum atomic E-state index is 11.9. The SMILES string of the molecule is CN(C)CCOc1ccc(NC(=O)c2cc(N)c[nH]2)cc1. The van der Waals surface area contributed by atoms with E-state index in [9.17, 15) is 4.79 Å². The first-order valence-electron chi connectivity index (χ1n) is 6.67. The normalized spacial score (nSPS) is 10.6. The minimum atomic E-state index is -0.229. The Kier molecular flexibility index (Phi) is 4.84. The highest BCUT2D eigenvalue weighted by Crippen LogP contribution is 2.16. The Labute approximate surface area is 123 Å². The van der Waals surface area contributed by atoms with Gasteiger partial charge in [-0.05, 0) is 44.4 Å². The summed E-state index contributed by atoms with van der Waals surface area (Å²) in [6.45, 7) is 1.48. The summed E-state index contributed by atoms with van der Waals surface area (Å²) < 4.78 is 5.59. The number of amides is 1. The average Bonchev–Trinajstić information content (AvgIpc) is 2.87. The van der Waals surface area contributed by atoms with Gasteiger partial charge in [0.15, 0.2) is 0 Å². The molecule has 0 aliphatic carbocycles. The summed E-state index contributed by atoms with van der Waals surface area (Å²) >= 11 is 0. The number of carbonyl (C=O) groups is 1. The number of ether oxygens (including phenoxy) is 1. The molecule has 0 radical (unpaired) electrons. The van der Waals surface area contributed by atoms with Crippen molar-refractivity contribution in [2.75, 3.05) is 38.3 Å². The minimum Gasteiger partial charge on any atom is -0.492 e. The number of likely N-dealkylation sites (N-methyl/N-ethyl adjacent to an activating group) is 1. The van der Waals surface area contributed by atoms with Crippen molar-refractivity contribution in [1.29, 1.82) is 0 Å². The van der Waals surface area contributed by atoms with Crippen LogP contribution in [-0.2, 0) is 0 Å². The summed E-state index contributed by atoms with van der Waals surface area (Å²) in [6, 6.07) is 8.85. The third-order valence-corrected chi connectivity index (χ3v) is 2.87. The molecule has 0 saturated heterocycles. The number of nitrogens with two attached hydrogens (primary N) is 1. The van der Waals surface area contributed by atoms with E-state index >= 15 is 0 Å². The van der Waals surface area contributed by atoms with E-state index in [1.807, 2.05) is 26.2 Å². The number of aromatic nitrogens is 1. The highest BCUT2D eigenvalue weighted by molar-refractivity contribution is 6.03. The molecule has 4 N–H and O–H groups in total. The fourth-order valence-electron chi connectivity index (χ4n) is 1.72. The van der Waals surface area contributed by atoms with Crippen molar-refractivity contribution in [3.05, 3.63) is 42.2 Å². The Morgan fingerprint density at radius 3 is 2.62 bits per heavy atom. The van der Waals surface area contributed by atoms with Crippen LogP contribution in [0.2, 0.25) is 0 Å². The molecule has 21 heavy (non-hydrogen) atoms. The van der Waals surface area contributed by atoms with Crippen LogP contribution in [0, 0.1) is 0 Å². The van der Waals surface area contributed by atoms with Crippen molar-refractivity contribution in [2.24, 2.45) is 0 Å². The molecule has 0 aliphatic heterocycles. The first-order valence-corrected chi connectivity index (χ1v) is 6.67. The summed E-state index contributed by atoms with van der Waals surface area (Å²) in [5, 5.41) is 2.78. The maximum Gasteiger partial charge on any atom is 0.272 e. The standard InChI is InChI=1S/C15H20N4O2/c1-19(2)7-8-21-13-5-3-12(4-6-13)18-15(20)14-9-11(16)10-17-14/h3-6,9-10,17H,7-8,16H2,1-2H3,(H,18,20). The molecule has 2 aromatic rings. The first-order chi connectivity index (χ1) is 10.0. The van der Waals surface area contributed by atoms with Crippen molar-refractivity contribution in [1.82, 2.24) is 9.88 Å². The van der Waals surface area contributed by atoms with E-state index in [0.717, 1.165) is 12.3 Å². The second kappa shape index (κ2) is 6.81. The number of nitrogens with zero attached hydrogens (tertiary/aromatic N) is 1. The fraction of sp³-hybridized carbons (Fsp3) is 0.267. The van der Waals surface area contributed by atoms with Gasteiger partial charge >= 0.3 is 0 Å². The molecule has 0 saturated carbocycles. The Morgan fingerprint density at radius 1 is 1.33 bits per heavy atom. The van der Waals surface area contributed by atoms with Crippen LogP contribution in [0.1, 0.15) is 10.5 Å². The summed E-state index contributed by atoms with van der Waals surface area (Å²) in [6.07, 6.45) is 1.58. The topological polar surface area (TPSA) is 83.4 Å². The number of H-pyrrole nitrogens is 1. The predicted molar refractivity (Wildman–Crippen MR) is 83.6 cm³/mol. The van der Waals surface area contributed by atoms with Gasteiger partial charge in [-0.1, -0.05) is 0 Å². The van der Waals surface area contributed by atoms with Gasteiger partial charge < -0.3 is 25.7 Å². The first kappa shape index (κ1) is 14.9. The van der Waals surface area contributed by atoms with Gasteiger partial charge in [0.2, 0.25) is 0 Å². The average molecular weight is 288 g/mol. The number of nitrogens with one attached hydrogen (secondary N) is 2. The van der Waals surface area contributed by atoms with Gasteiger partial charge in [0, 0.05) is 24.1 Å². The van der Waals surface area contributed by atoms with E-state index < -0.39 is 0 Å². The molecule has 1 aromatic heterocycles. The Morgan fingerprint density at radius 2 is 2.05 bits per heavy atom. The van der Waals surface area contributed by atoms with E-state index in [2.05, 4.69) is 15.2 Å². The molecular formula is C15H20N4O2. The maximum absolute atomic E-state index is 11.9. The molecule has 112 valence electrons. The lowest BCUT2D eigenvalue weighted by Crippen LogP contribution is -2.19. The summed E-state index contributed by atoms with van der Waals surface area (Å²) in [7, 11) is 3.99. The molecule has 1 heterocycles. The quantitative estimate of drug-likeness (QED) is 0.756. The number of carbonyl (C=O) groups excluding carboxylic acids is 1. The molecule has 0 aliphatic rings. The van der Waals surface area contributed by atoms with Gasteiger partial charge in [-0.2, -0.15) is 0 Å². The largest absolute Gasteiger partial charge is 0.492 e. The number of anilines is 2. The van der Waals surface area contributed by atoms with Gasteiger partial charge in [0.25, 0.3) is 5.91 Å². The van der Waals surface area contributed by atoms with Crippen LogP contribution in [0.5, 0.6) is 5.75 Å². The number of nitrogen functional groups attached to an aromatic ring is 1. The number of hydrogen-bond donors (Lipinski definition) is 3. The van der Waals surface area contributed by atoms with Gasteiger partial charge in [-0.3, -0.25) is 4.79 Å². The van der Waals surface area contributed by atoms with Crippen molar-refractivity contribution >= 4 is 17.3 Å². The van der Waals surface area contributed by atoms with Crippen LogP contribution in [-0.4, -0.2) is 43.0 Å². The van der Waals surface area contributed by atoms with Crippen molar-refractivity contribution < 1.29 is 9.53 Å². The number of hydrogen-bond acceptors (Lipinski definition) is 4. The van der Waals surface area contributed by atoms with Gasteiger partial charge in [-0.25, -0.2) is 0 Å². The molecule has 0 unspecified atom stereocenters. The molecule has 2 rings (SSSR count). The molecule has 0 fully saturated rings. The highest BCUT2D eigenvalue weighted by Gasteiger charge is 2.08. The Balaban J connectivity index is 1.88. The zero-order valence-electron chi connectivity index (χ0n) is 12.2. The Hall–Kier alpha value is -2.47. The van der Waals surface area contributed by atoms with E-state index in [0.29, 0.717) is 23.7 Å². The third-order valence-electron chi connectivity index (χ3n) is 2.87. The van der Waals surface area contributed by atoms with Crippen LogP contribution in [0.25, 0.3) is 0 Å². The van der Waals surface area contributed by atoms with Crippen molar-refractivity contribution in [3.63, 3.8) is 0 Å². The molecule has 6 heteroatoms. The lowest BCUT2D eigenvalue weighted by atomic mass is 10.3. The lowest BCUT2D eigenvalue weighted by molar-refractivity contribution is 0.102. The molecule has 6 nitrogen and oxygen atoms in total. The zero-order valence-corrected chi connectivity index (χ0v) is 12.2. The zero-order chi connectivity index (χ0) is 15.2. The molecule has 0 atom stereocenters. The minimum absolute atomic E-state index is 0.229. The van der Waals surface area contributed by atoms with Crippen LogP contribution < -0.4 is 15.8 Å². The summed E-state index contributed by atoms with van der Waals surface area (Å²) in [5.41, 5.74) is 7.23. The van der Waals surface area contributed by atoms with E-state index in [1.54, 1.807) is 24.4 Å². The third kappa shape index (κ3) is 4.54. The second-order valence-electron chi connectivity index (χ2n) is 4.98. The van der Waals surface area contributed by atoms with Gasteiger partial charge in [0.05, 0.1) is 0 Å². The Bertz CT molecular complexity index is 590. The van der Waals surface area contributed by atoms with E-state index in [-0.39, 0.29) is 5.91 Å². The number of aromatic amines is 1. The van der Waals surface area contributed by atoms with Crippen molar-refractivity contribution in [2.45, 2.75) is 0 Å². The molecule has 0 bridgehead atoms. The van der Waals surface area contributed by atoms with Crippen LogP contribution in [0.3, 0.4) is 0 Å². The number of rotatable bonds is 6. The molecule has 1 aromatic carbocycles. The molecule has 0 spiro atoms. The molecule has 1 amide bonds. The summed E-state index contributed by atoms with van der Waals surface area (Å²) in [5.74, 6) is 0.548. The van der Waals surface area contributed by atoms with Crippen molar-refractivity contribution in [3.8, 4) is 5.75 Å². The van der Waals surface area contributed by atoms with Gasteiger partial charge in [-0.15, -0.1) is 0 Å². The highest BCUT2D eigenvalue weighted by atomic mass is 16.5. The van der Waals surface area contributed by atoms with E-state index in [4.69, 9.17) is 10.5 Å². The van der Waals surface area contributed by atoms with E-state index in [1.165, 1.54) is 0 Å². The fourth-order valence-corrected chi connectivity index (χ4v) is 1.72. The van der Waals surface area contributed by atoms with Crippen LogP contribution in [0.4, 0.5) is 11.4 Å². The smallest absolute Gasteiger partial charge is 0.272 e. The predicted octanol–water partition coefficient (Wildman–Crippen LogP) is 1.79. The molecular weight excluding hydrogens is 268 g/mol. The van der Waals surface area contributed by atoms with Gasteiger partial charge in [0.1, 0.15) is 18.1 Å². The van der Waals surface area contributed by atoms with Crippen LogP contribution >= 0.6 is 0 Å². The lowest BCUT2D eigenvalue weighted by Gasteiger charge is -2.11. The summed E-state index contributed by atoms with van der Waals surface area (Å²) in [4.78, 5) is 16.8. The number of benzene rings is 1. The monoisotopic (exact) mass is 288 g/mol. The second-order valence-corrected chi connectivity index (χ2v) is 4.98.